The molecular formula is C18H23N5O. The van der Waals surface area contributed by atoms with Gasteiger partial charge in [0.05, 0.1) is 18.9 Å². The molecule has 0 bridgehead atoms. The van der Waals surface area contributed by atoms with E-state index in [9.17, 15) is 0 Å². The van der Waals surface area contributed by atoms with Crippen LogP contribution in [0.2, 0.25) is 0 Å². The highest BCUT2D eigenvalue weighted by atomic mass is 16.5. The van der Waals surface area contributed by atoms with Crippen LogP contribution in [-0.2, 0) is 4.74 Å². The van der Waals surface area contributed by atoms with Crippen molar-refractivity contribution in [3.05, 3.63) is 47.3 Å². The number of aromatic nitrogens is 2. The van der Waals surface area contributed by atoms with Gasteiger partial charge in [-0.15, -0.1) is 0 Å². The third-order valence-corrected chi connectivity index (χ3v) is 3.97. The summed E-state index contributed by atoms with van der Waals surface area (Å²) in [6.07, 6.45) is 0. The van der Waals surface area contributed by atoms with Crippen LogP contribution in [-0.4, -0.2) is 42.0 Å². The van der Waals surface area contributed by atoms with Crippen molar-refractivity contribution in [3.8, 4) is 0 Å². The Labute approximate surface area is 142 Å². The summed E-state index contributed by atoms with van der Waals surface area (Å²) in [6, 6.07) is 10.2. The molecule has 1 aromatic carbocycles. The van der Waals surface area contributed by atoms with E-state index in [0.717, 1.165) is 49.2 Å². The summed E-state index contributed by atoms with van der Waals surface area (Å²) < 4.78 is 5.40. The Balaban J connectivity index is 1.75. The van der Waals surface area contributed by atoms with Crippen LogP contribution in [0.25, 0.3) is 0 Å². The summed E-state index contributed by atoms with van der Waals surface area (Å²) in [7, 11) is 0. The van der Waals surface area contributed by atoms with Crippen molar-refractivity contribution in [3.63, 3.8) is 0 Å². The van der Waals surface area contributed by atoms with Crippen molar-refractivity contribution in [2.75, 3.05) is 36.6 Å². The number of hydrogen-bond donors (Lipinski definition) is 1. The predicted octanol–water partition coefficient (Wildman–Crippen LogP) is 2.77. The molecule has 1 aromatic heterocycles. The minimum Gasteiger partial charge on any atom is -0.378 e. The number of hydrazone groups is 1. The van der Waals surface area contributed by atoms with Gasteiger partial charge < -0.3 is 9.64 Å². The third-order valence-electron chi connectivity index (χ3n) is 3.97. The Hall–Kier alpha value is -2.47. The summed E-state index contributed by atoms with van der Waals surface area (Å²) >= 11 is 0. The number of anilines is 2. The largest absolute Gasteiger partial charge is 0.378 e. The van der Waals surface area contributed by atoms with Gasteiger partial charge >= 0.3 is 0 Å². The van der Waals surface area contributed by atoms with E-state index in [0.29, 0.717) is 5.82 Å². The maximum absolute atomic E-state index is 5.40. The first kappa shape index (κ1) is 16.4. The first-order valence-corrected chi connectivity index (χ1v) is 8.17. The Morgan fingerprint density at radius 2 is 1.83 bits per heavy atom. The lowest BCUT2D eigenvalue weighted by molar-refractivity contribution is 0.122. The molecule has 1 N–H and O–H groups in total. The van der Waals surface area contributed by atoms with Gasteiger partial charge in [0.2, 0.25) is 0 Å². The van der Waals surface area contributed by atoms with Crippen LogP contribution >= 0.6 is 0 Å². The Kier molecular flexibility index (Phi) is 5.05. The summed E-state index contributed by atoms with van der Waals surface area (Å²) in [5.41, 5.74) is 6.30. The Bertz CT molecular complexity index is 721. The van der Waals surface area contributed by atoms with Crippen LogP contribution in [0.5, 0.6) is 0 Å². The molecule has 1 fully saturated rings. The van der Waals surface area contributed by atoms with Gasteiger partial charge in [-0.05, 0) is 26.3 Å². The minimum absolute atomic E-state index is 0.704. The van der Waals surface area contributed by atoms with Crippen LogP contribution in [0.1, 0.15) is 23.9 Å². The first-order chi connectivity index (χ1) is 11.6. The lowest BCUT2D eigenvalue weighted by Gasteiger charge is -2.28. The zero-order valence-electron chi connectivity index (χ0n) is 14.4. The van der Waals surface area contributed by atoms with Gasteiger partial charge in [-0.2, -0.15) is 5.10 Å². The molecule has 0 spiro atoms. The number of rotatable bonds is 4. The van der Waals surface area contributed by atoms with Gasteiger partial charge in [0, 0.05) is 19.2 Å². The molecule has 1 aliphatic heterocycles. The van der Waals surface area contributed by atoms with E-state index >= 15 is 0 Å². The standard InChI is InChI=1S/C18H23N5O/c1-13-4-6-16(7-5-13)14(2)21-22-17-12-18(20-15(3)19-17)23-8-10-24-11-9-23/h4-7,12H,8-11H2,1-3H3,(H,19,20,22)/b21-14-. The molecule has 6 heteroatoms. The minimum atomic E-state index is 0.704. The lowest BCUT2D eigenvalue weighted by Crippen LogP contribution is -2.36. The van der Waals surface area contributed by atoms with Crippen LogP contribution in [0.4, 0.5) is 11.6 Å². The molecule has 0 radical (unpaired) electrons. The molecule has 0 atom stereocenters. The number of hydrogen-bond acceptors (Lipinski definition) is 6. The van der Waals surface area contributed by atoms with E-state index in [2.05, 4.69) is 56.6 Å². The zero-order valence-corrected chi connectivity index (χ0v) is 14.4. The van der Waals surface area contributed by atoms with Crippen molar-refractivity contribution in [2.24, 2.45) is 5.10 Å². The van der Waals surface area contributed by atoms with E-state index in [1.807, 2.05) is 19.9 Å². The monoisotopic (exact) mass is 325 g/mol. The second kappa shape index (κ2) is 7.40. The molecule has 0 aliphatic carbocycles. The van der Waals surface area contributed by atoms with Crippen LogP contribution in [0.15, 0.2) is 35.4 Å². The summed E-state index contributed by atoms with van der Waals surface area (Å²) in [6.45, 7) is 9.11. The molecule has 24 heavy (non-hydrogen) atoms. The van der Waals surface area contributed by atoms with E-state index in [1.54, 1.807) is 0 Å². The van der Waals surface area contributed by atoms with Crippen LogP contribution < -0.4 is 10.3 Å². The highest BCUT2D eigenvalue weighted by molar-refractivity contribution is 5.99. The smallest absolute Gasteiger partial charge is 0.152 e. The number of aryl methyl sites for hydroxylation is 2. The SMILES string of the molecule is C/C(=N/Nc1cc(N2CCOCC2)nc(C)n1)c1ccc(C)cc1. The van der Waals surface area contributed by atoms with Crippen LogP contribution in [0.3, 0.4) is 0 Å². The number of benzene rings is 1. The fourth-order valence-corrected chi connectivity index (χ4v) is 2.56. The van der Waals surface area contributed by atoms with E-state index in [-0.39, 0.29) is 0 Å². The number of morpholine rings is 1. The van der Waals surface area contributed by atoms with Crippen LogP contribution in [0, 0.1) is 13.8 Å². The molecule has 2 aromatic rings. The Morgan fingerprint density at radius 3 is 2.54 bits per heavy atom. The quantitative estimate of drug-likeness (QED) is 0.692. The maximum Gasteiger partial charge on any atom is 0.152 e. The number of nitrogens with zero attached hydrogens (tertiary/aromatic N) is 4. The third kappa shape index (κ3) is 4.08. The van der Waals surface area contributed by atoms with E-state index < -0.39 is 0 Å². The first-order valence-electron chi connectivity index (χ1n) is 8.17. The van der Waals surface area contributed by atoms with E-state index in [4.69, 9.17) is 4.74 Å². The summed E-state index contributed by atoms with van der Waals surface area (Å²) in [4.78, 5) is 11.2. The van der Waals surface area contributed by atoms with Gasteiger partial charge in [-0.3, -0.25) is 5.43 Å². The maximum atomic E-state index is 5.40. The molecule has 1 aliphatic rings. The average molecular weight is 325 g/mol. The highest BCUT2D eigenvalue weighted by Crippen LogP contribution is 2.17. The molecular weight excluding hydrogens is 302 g/mol. The normalized spacial score (nSPS) is 15.5. The zero-order chi connectivity index (χ0) is 16.9. The molecule has 126 valence electrons. The van der Waals surface area contributed by atoms with Gasteiger partial charge in [-0.1, -0.05) is 29.8 Å². The topological polar surface area (TPSA) is 62.6 Å². The fourth-order valence-electron chi connectivity index (χ4n) is 2.56. The molecule has 6 nitrogen and oxygen atoms in total. The molecule has 1 saturated heterocycles. The van der Waals surface area contributed by atoms with Crippen molar-refractivity contribution in [1.82, 2.24) is 9.97 Å². The van der Waals surface area contributed by atoms with Crippen molar-refractivity contribution in [2.45, 2.75) is 20.8 Å². The molecule has 0 unspecified atom stereocenters. The molecule has 0 saturated carbocycles. The van der Waals surface area contributed by atoms with Gasteiger partial charge in [-0.25, -0.2) is 9.97 Å². The number of nitrogens with one attached hydrogen (secondary N) is 1. The van der Waals surface area contributed by atoms with Gasteiger partial charge in [0.1, 0.15) is 11.6 Å². The van der Waals surface area contributed by atoms with Crippen molar-refractivity contribution >= 4 is 17.3 Å². The average Bonchev–Trinajstić information content (AvgIpc) is 2.60. The summed E-state index contributed by atoms with van der Waals surface area (Å²) in [5.74, 6) is 2.34. The van der Waals surface area contributed by atoms with Crippen molar-refractivity contribution < 1.29 is 4.74 Å². The summed E-state index contributed by atoms with van der Waals surface area (Å²) in [5, 5.41) is 4.45. The fraction of sp³-hybridized carbons (Fsp3) is 0.389. The van der Waals surface area contributed by atoms with E-state index in [1.165, 1.54) is 5.56 Å². The van der Waals surface area contributed by atoms with Gasteiger partial charge in [0.25, 0.3) is 0 Å². The highest BCUT2D eigenvalue weighted by Gasteiger charge is 2.14. The number of ether oxygens (including phenoxy) is 1. The van der Waals surface area contributed by atoms with Gasteiger partial charge in [0.15, 0.2) is 5.82 Å². The second-order valence-corrected chi connectivity index (χ2v) is 5.93. The second-order valence-electron chi connectivity index (χ2n) is 5.93. The lowest BCUT2D eigenvalue weighted by atomic mass is 10.1. The predicted molar refractivity (Wildman–Crippen MR) is 96.8 cm³/mol. The Morgan fingerprint density at radius 1 is 1.12 bits per heavy atom. The molecule has 2 heterocycles. The molecule has 0 amide bonds. The van der Waals surface area contributed by atoms with Crippen molar-refractivity contribution in [1.29, 1.82) is 0 Å². The molecule has 3 rings (SSSR count).